The Hall–Kier alpha value is -2.13. The number of methoxy groups -OCH3 is 1. The van der Waals surface area contributed by atoms with Gasteiger partial charge in [0.2, 0.25) is 10.0 Å². The summed E-state index contributed by atoms with van der Waals surface area (Å²) in [7, 11) is 0.225. The second kappa shape index (κ2) is 6.55. The van der Waals surface area contributed by atoms with E-state index in [0.717, 1.165) is 10.4 Å². The van der Waals surface area contributed by atoms with Crippen LogP contribution in [0.1, 0.15) is 10.4 Å². The van der Waals surface area contributed by atoms with Gasteiger partial charge in [-0.1, -0.05) is 0 Å². The second-order valence-electron chi connectivity index (χ2n) is 4.20. The molecule has 21 heavy (non-hydrogen) atoms. The number of sulfonamides is 1. The number of hydrogen-bond donors (Lipinski definition) is 1. The summed E-state index contributed by atoms with van der Waals surface area (Å²) in [6, 6.07) is 3.78. The van der Waals surface area contributed by atoms with Gasteiger partial charge in [0.25, 0.3) is 5.91 Å². The van der Waals surface area contributed by atoms with Crippen LogP contribution in [-0.4, -0.2) is 52.4 Å². The molecule has 2 N–H and O–H groups in total. The molecule has 0 radical (unpaired) electrons. The minimum absolute atomic E-state index is 0.0301. The highest BCUT2D eigenvalue weighted by molar-refractivity contribution is 7.89. The van der Waals surface area contributed by atoms with E-state index in [1.165, 1.54) is 33.3 Å². The summed E-state index contributed by atoms with van der Waals surface area (Å²) in [6.45, 7) is -0.583. The molecule has 1 aromatic rings. The maximum atomic E-state index is 12.2. The van der Waals surface area contributed by atoms with Gasteiger partial charge in [0.15, 0.2) is 6.61 Å². The van der Waals surface area contributed by atoms with Gasteiger partial charge in [-0.2, -0.15) is 0 Å². The van der Waals surface area contributed by atoms with E-state index < -0.39 is 28.5 Å². The first-order valence-corrected chi connectivity index (χ1v) is 7.20. The van der Waals surface area contributed by atoms with Crippen molar-refractivity contribution in [2.24, 2.45) is 5.73 Å². The molecule has 0 aliphatic heterocycles. The lowest BCUT2D eigenvalue weighted by molar-refractivity contribution is -0.121. The molecule has 9 heteroatoms. The molecule has 0 saturated heterocycles. The number of benzene rings is 1. The number of ether oxygens (including phenoxy) is 2. The third-order valence-corrected chi connectivity index (χ3v) is 4.34. The number of carbonyl (C=O) groups excluding carboxylic acids is 2. The molecule has 0 heterocycles. The van der Waals surface area contributed by atoms with Crippen molar-refractivity contribution in [3.63, 3.8) is 0 Å². The van der Waals surface area contributed by atoms with Gasteiger partial charge < -0.3 is 15.2 Å². The molecule has 1 amide bonds. The Balaban J connectivity index is 3.23. The summed E-state index contributed by atoms with van der Waals surface area (Å²) in [5.41, 5.74) is 4.83. The predicted octanol–water partition coefficient (Wildman–Crippen LogP) is -0.412. The number of hydrogen-bond acceptors (Lipinski definition) is 6. The lowest BCUT2D eigenvalue weighted by Gasteiger charge is -2.15. The third-order valence-electron chi connectivity index (χ3n) is 2.50. The molecule has 0 aliphatic rings. The van der Waals surface area contributed by atoms with Crippen LogP contribution in [0, 0.1) is 0 Å². The second-order valence-corrected chi connectivity index (χ2v) is 6.32. The van der Waals surface area contributed by atoms with Crippen LogP contribution in [-0.2, 0) is 19.6 Å². The van der Waals surface area contributed by atoms with Gasteiger partial charge in [-0.05, 0) is 18.2 Å². The summed E-state index contributed by atoms with van der Waals surface area (Å²) < 4.78 is 34.9. The molecule has 0 unspecified atom stereocenters. The van der Waals surface area contributed by atoms with E-state index in [1.807, 2.05) is 0 Å². The van der Waals surface area contributed by atoms with Gasteiger partial charge in [-0.25, -0.2) is 17.5 Å². The number of primary amides is 1. The van der Waals surface area contributed by atoms with Gasteiger partial charge in [0.1, 0.15) is 10.6 Å². The average Bonchev–Trinajstić information content (AvgIpc) is 2.43. The van der Waals surface area contributed by atoms with E-state index >= 15 is 0 Å². The molecule has 0 atom stereocenters. The van der Waals surface area contributed by atoms with Gasteiger partial charge >= 0.3 is 5.97 Å². The fourth-order valence-corrected chi connectivity index (χ4v) is 2.50. The molecule has 0 fully saturated rings. The number of esters is 1. The van der Waals surface area contributed by atoms with E-state index in [9.17, 15) is 18.0 Å². The van der Waals surface area contributed by atoms with Crippen molar-refractivity contribution in [1.82, 2.24) is 4.31 Å². The van der Waals surface area contributed by atoms with E-state index in [4.69, 9.17) is 10.5 Å². The number of nitrogens with two attached hydrogens (primary N) is 1. The molecule has 116 valence electrons. The largest absolute Gasteiger partial charge is 0.495 e. The number of nitrogens with zero attached hydrogens (tertiary/aromatic N) is 1. The van der Waals surface area contributed by atoms with E-state index in [-0.39, 0.29) is 16.2 Å². The van der Waals surface area contributed by atoms with Crippen LogP contribution in [0.25, 0.3) is 0 Å². The molecule has 0 bridgehead atoms. The van der Waals surface area contributed by atoms with Crippen molar-refractivity contribution in [2.45, 2.75) is 4.90 Å². The van der Waals surface area contributed by atoms with Crippen molar-refractivity contribution < 1.29 is 27.5 Å². The maximum absolute atomic E-state index is 12.2. The Kier molecular flexibility index (Phi) is 5.28. The fourth-order valence-electron chi connectivity index (χ4n) is 1.42. The molecule has 8 nitrogen and oxygen atoms in total. The van der Waals surface area contributed by atoms with E-state index in [2.05, 4.69) is 4.74 Å². The lowest BCUT2D eigenvalue weighted by Crippen LogP contribution is -2.24. The maximum Gasteiger partial charge on any atom is 0.338 e. The van der Waals surface area contributed by atoms with Gasteiger partial charge in [-0.3, -0.25) is 4.79 Å². The predicted molar refractivity (Wildman–Crippen MR) is 73.3 cm³/mol. The van der Waals surface area contributed by atoms with Crippen LogP contribution in [0.15, 0.2) is 23.1 Å². The lowest BCUT2D eigenvalue weighted by atomic mass is 10.2. The molecule has 0 saturated carbocycles. The number of amides is 1. The zero-order valence-electron chi connectivity index (χ0n) is 11.8. The van der Waals surface area contributed by atoms with Gasteiger partial charge in [0.05, 0.1) is 12.7 Å². The summed E-state index contributed by atoms with van der Waals surface area (Å²) in [5.74, 6) is -1.57. The quantitative estimate of drug-likeness (QED) is 0.713. The zero-order chi connectivity index (χ0) is 16.2. The van der Waals surface area contributed by atoms with Crippen molar-refractivity contribution in [1.29, 1.82) is 0 Å². The number of carbonyl (C=O) groups is 2. The SMILES string of the molecule is COc1ccc(C(=O)OCC(N)=O)cc1S(=O)(=O)N(C)C. The van der Waals surface area contributed by atoms with Crippen LogP contribution in [0.5, 0.6) is 5.75 Å². The molecular weight excluding hydrogens is 300 g/mol. The van der Waals surface area contributed by atoms with Crippen LogP contribution in [0.4, 0.5) is 0 Å². The van der Waals surface area contributed by atoms with E-state index in [1.54, 1.807) is 0 Å². The first-order chi connectivity index (χ1) is 9.70. The fraction of sp³-hybridized carbons (Fsp3) is 0.333. The van der Waals surface area contributed by atoms with Crippen LogP contribution in [0.2, 0.25) is 0 Å². The van der Waals surface area contributed by atoms with E-state index in [0.29, 0.717) is 0 Å². The Morgan fingerprint density at radius 2 is 1.90 bits per heavy atom. The summed E-state index contributed by atoms with van der Waals surface area (Å²) >= 11 is 0. The monoisotopic (exact) mass is 316 g/mol. The van der Waals surface area contributed by atoms with Crippen LogP contribution in [0.3, 0.4) is 0 Å². The zero-order valence-corrected chi connectivity index (χ0v) is 12.6. The van der Waals surface area contributed by atoms with Gasteiger partial charge in [-0.15, -0.1) is 0 Å². The third kappa shape index (κ3) is 3.92. The first kappa shape index (κ1) is 16.9. The van der Waals surface area contributed by atoms with Crippen molar-refractivity contribution in [3.8, 4) is 5.75 Å². The van der Waals surface area contributed by atoms with Gasteiger partial charge in [0, 0.05) is 14.1 Å². The Morgan fingerprint density at radius 1 is 1.29 bits per heavy atom. The Bertz CT molecular complexity index is 654. The highest BCUT2D eigenvalue weighted by atomic mass is 32.2. The Labute approximate surface area is 122 Å². The summed E-state index contributed by atoms with van der Waals surface area (Å²) in [5, 5.41) is 0. The number of rotatable bonds is 6. The van der Waals surface area contributed by atoms with Crippen LogP contribution >= 0.6 is 0 Å². The smallest absolute Gasteiger partial charge is 0.338 e. The standard InChI is InChI=1S/C12H16N2O6S/c1-14(2)21(17,18)10-6-8(4-5-9(10)19-3)12(16)20-7-11(13)15/h4-6H,7H2,1-3H3,(H2,13,15). The molecule has 0 aromatic heterocycles. The minimum atomic E-state index is -3.80. The highest BCUT2D eigenvalue weighted by Crippen LogP contribution is 2.27. The topological polar surface area (TPSA) is 116 Å². The molecule has 1 rings (SSSR count). The average molecular weight is 316 g/mol. The minimum Gasteiger partial charge on any atom is -0.495 e. The van der Waals surface area contributed by atoms with Crippen molar-refractivity contribution in [2.75, 3.05) is 27.8 Å². The summed E-state index contributed by atoms with van der Waals surface area (Å²) in [4.78, 5) is 22.1. The van der Waals surface area contributed by atoms with Crippen LogP contribution < -0.4 is 10.5 Å². The molecule has 0 aliphatic carbocycles. The molecule has 0 spiro atoms. The molecular formula is C12H16N2O6S. The summed E-state index contributed by atoms with van der Waals surface area (Å²) in [6.07, 6.45) is 0. The Morgan fingerprint density at radius 3 is 2.38 bits per heavy atom. The normalized spacial score (nSPS) is 11.2. The first-order valence-electron chi connectivity index (χ1n) is 5.76. The highest BCUT2D eigenvalue weighted by Gasteiger charge is 2.24. The van der Waals surface area contributed by atoms with Crippen molar-refractivity contribution in [3.05, 3.63) is 23.8 Å². The molecule has 1 aromatic carbocycles. The van der Waals surface area contributed by atoms with Crippen molar-refractivity contribution >= 4 is 21.9 Å².